The van der Waals surface area contributed by atoms with Crippen molar-refractivity contribution >= 4 is 17.0 Å². The number of ether oxygens (including phenoxy) is 3. The molecule has 0 aliphatic carbocycles. The molecule has 0 N–H and O–H groups in total. The Kier molecular flexibility index (Phi) is 4.28. The molecule has 0 saturated carbocycles. The number of para-hydroxylation sites is 2. The molecule has 0 fully saturated rings. The molecule has 4 aromatic rings. The Balaban J connectivity index is 1.28. The lowest BCUT2D eigenvalue weighted by Gasteiger charge is -2.18. The molecule has 0 unspecified atom stereocenters. The predicted octanol–water partition coefficient (Wildman–Crippen LogP) is 3.41. The maximum absolute atomic E-state index is 12.3. The van der Waals surface area contributed by atoms with Crippen LogP contribution in [0.15, 0.2) is 59.3 Å². The van der Waals surface area contributed by atoms with Crippen LogP contribution in [-0.4, -0.2) is 34.3 Å². The molecule has 8 heteroatoms. The fraction of sp³-hybridized carbons (Fsp3) is 0.143. The quantitative estimate of drug-likeness (QED) is 0.490. The van der Waals surface area contributed by atoms with Crippen molar-refractivity contribution in [1.29, 1.82) is 0 Å². The van der Waals surface area contributed by atoms with Gasteiger partial charge in [0.2, 0.25) is 0 Å². The second-order valence-corrected chi connectivity index (χ2v) is 6.36. The lowest BCUT2D eigenvalue weighted by Crippen LogP contribution is -2.15. The van der Waals surface area contributed by atoms with Crippen molar-refractivity contribution in [3.05, 3.63) is 66.1 Å². The number of nitrogens with zero attached hydrogens (tertiary/aromatic N) is 3. The molecular formula is C21H15N3O5. The van der Waals surface area contributed by atoms with Gasteiger partial charge in [-0.05, 0) is 30.3 Å². The van der Waals surface area contributed by atoms with Crippen LogP contribution in [0.5, 0.6) is 11.5 Å². The number of hydrogen-bond acceptors (Lipinski definition) is 8. The van der Waals surface area contributed by atoms with Crippen molar-refractivity contribution in [3.8, 4) is 22.8 Å². The maximum Gasteiger partial charge on any atom is 0.358 e. The highest BCUT2D eigenvalue weighted by Gasteiger charge is 2.16. The van der Waals surface area contributed by atoms with Crippen LogP contribution >= 0.6 is 0 Å². The van der Waals surface area contributed by atoms with Crippen LogP contribution in [0.25, 0.3) is 22.4 Å². The first kappa shape index (κ1) is 17.2. The maximum atomic E-state index is 12.3. The van der Waals surface area contributed by atoms with Crippen molar-refractivity contribution in [2.75, 3.05) is 13.2 Å². The highest BCUT2D eigenvalue weighted by atomic mass is 16.6. The van der Waals surface area contributed by atoms with E-state index in [9.17, 15) is 4.79 Å². The molecule has 0 spiro atoms. The summed E-state index contributed by atoms with van der Waals surface area (Å²) in [6.45, 7) is 0.999. The molecule has 2 aromatic heterocycles. The summed E-state index contributed by atoms with van der Waals surface area (Å²) in [5.74, 6) is 1.32. The molecule has 1 aliphatic rings. The van der Waals surface area contributed by atoms with E-state index in [4.69, 9.17) is 18.7 Å². The summed E-state index contributed by atoms with van der Waals surface area (Å²) in [7, 11) is 0. The van der Waals surface area contributed by atoms with E-state index >= 15 is 0 Å². The summed E-state index contributed by atoms with van der Waals surface area (Å²) in [6.07, 6.45) is 1.40. The van der Waals surface area contributed by atoms with E-state index < -0.39 is 5.97 Å². The van der Waals surface area contributed by atoms with Gasteiger partial charge in [-0.3, -0.25) is 4.98 Å². The summed E-state index contributed by atoms with van der Waals surface area (Å²) in [5.41, 5.74) is 2.75. The Morgan fingerprint density at radius 2 is 1.83 bits per heavy atom. The zero-order chi connectivity index (χ0) is 19.6. The molecule has 3 heterocycles. The van der Waals surface area contributed by atoms with E-state index in [2.05, 4.69) is 15.1 Å². The van der Waals surface area contributed by atoms with Gasteiger partial charge in [0.25, 0.3) is 0 Å². The van der Waals surface area contributed by atoms with Crippen LogP contribution in [0.1, 0.15) is 16.2 Å². The van der Waals surface area contributed by atoms with E-state index in [-0.39, 0.29) is 12.3 Å². The van der Waals surface area contributed by atoms with Gasteiger partial charge in [-0.25, -0.2) is 9.78 Å². The molecule has 0 atom stereocenters. The summed E-state index contributed by atoms with van der Waals surface area (Å²) in [6, 6.07) is 14.5. The minimum atomic E-state index is -0.577. The number of carbonyl (C=O) groups excluding carboxylic acids is 1. The third kappa shape index (κ3) is 3.47. The Morgan fingerprint density at radius 3 is 2.72 bits per heavy atom. The van der Waals surface area contributed by atoms with Gasteiger partial charge in [0.15, 0.2) is 23.0 Å². The Bertz CT molecular complexity index is 1200. The first-order valence-electron chi connectivity index (χ1n) is 9.01. The second-order valence-electron chi connectivity index (χ2n) is 6.36. The van der Waals surface area contributed by atoms with Crippen molar-refractivity contribution in [3.63, 3.8) is 0 Å². The van der Waals surface area contributed by atoms with E-state index in [1.807, 2.05) is 36.4 Å². The number of aromatic nitrogens is 3. The van der Waals surface area contributed by atoms with Crippen LogP contribution in [0.3, 0.4) is 0 Å². The number of fused-ring (bicyclic) bond motifs is 2. The van der Waals surface area contributed by atoms with Gasteiger partial charge in [-0.1, -0.05) is 17.3 Å². The molecule has 0 radical (unpaired) electrons. The van der Waals surface area contributed by atoms with E-state index in [1.54, 1.807) is 12.1 Å². The number of rotatable bonds is 4. The second kappa shape index (κ2) is 7.23. The average molecular weight is 389 g/mol. The minimum absolute atomic E-state index is 0.0403. The zero-order valence-electron chi connectivity index (χ0n) is 15.2. The lowest BCUT2D eigenvalue weighted by molar-refractivity contribution is 0.0457. The summed E-state index contributed by atoms with van der Waals surface area (Å²) in [5, 5.41) is 3.96. The van der Waals surface area contributed by atoms with Gasteiger partial charge in [-0.15, -0.1) is 0 Å². The van der Waals surface area contributed by atoms with E-state index in [0.717, 1.165) is 5.56 Å². The smallest absolute Gasteiger partial charge is 0.358 e. The number of carbonyl (C=O) groups is 1. The molecule has 29 heavy (non-hydrogen) atoms. The zero-order valence-corrected chi connectivity index (χ0v) is 15.2. The van der Waals surface area contributed by atoms with Crippen LogP contribution < -0.4 is 9.47 Å². The van der Waals surface area contributed by atoms with Crippen molar-refractivity contribution in [2.45, 2.75) is 6.61 Å². The summed E-state index contributed by atoms with van der Waals surface area (Å²) >= 11 is 0. The molecule has 2 aromatic carbocycles. The van der Waals surface area contributed by atoms with Gasteiger partial charge in [-0.2, -0.15) is 0 Å². The highest BCUT2D eigenvalue weighted by molar-refractivity contribution is 5.89. The van der Waals surface area contributed by atoms with Crippen molar-refractivity contribution in [2.24, 2.45) is 0 Å². The molecular weight excluding hydrogens is 374 g/mol. The fourth-order valence-corrected chi connectivity index (χ4v) is 2.98. The van der Waals surface area contributed by atoms with Crippen molar-refractivity contribution < 1.29 is 23.5 Å². The van der Waals surface area contributed by atoms with Crippen LogP contribution in [0.4, 0.5) is 0 Å². The average Bonchev–Trinajstić information content (AvgIpc) is 3.26. The first-order chi connectivity index (χ1) is 14.3. The van der Waals surface area contributed by atoms with Crippen molar-refractivity contribution in [1.82, 2.24) is 15.1 Å². The number of benzene rings is 2. The largest absolute Gasteiger partial charge is 0.486 e. The van der Waals surface area contributed by atoms with E-state index in [1.165, 1.54) is 6.20 Å². The fourth-order valence-electron chi connectivity index (χ4n) is 2.98. The SMILES string of the molecule is O=C(OCc1cc(-c2ccc3c(c2)OCCO3)on1)c1cnc2ccccc2n1. The molecule has 5 rings (SSSR count). The predicted molar refractivity (Wildman–Crippen MR) is 102 cm³/mol. The normalized spacial score (nSPS) is 12.7. The topological polar surface area (TPSA) is 96.6 Å². The highest BCUT2D eigenvalue weighted by Crippen LogP contribution is 2.34. The van der Waals surface area contributed by atoms with Gasteiger partial charge < -0.3 is 18.7 Å². The Hall–Kier alpha value is -3.94. The van der Waals surface area contributed by atoms with Gasteiger partial charge in [0.05, 0.1) is 17.2 Å². The summed E-state index contributed by atoms with van der Waals surface area (Å²) < 4.78 is 21.8. The van der Waals surface area contributed by atoms with E-state index in [0.29, 0.717) is 47.2 Å². The number of esters is 1. The molecule has 1 aliphatic heterocycles. The number of hydrogen-bond donors (Lipinski definition) is 0. The Morgan fingerprint density at radius 1 is 1.00 bits per heavy atom. The van der Waals surface area contributed by atoms with Gasteiger partial charge >= 0.3 is 5.97 Å². The molecule has 0 saturated heterocycles. The van der Waals surface area contributed by atoms with Crippen LogP contribution in [0.2, 0.25) is 0 Å². The van der Waals surface area contributed by atoms with Gasteiger partial charge in [0, 0.05) is 11.6 Å². The molecule has 0 amide bonds. The summed E-state index contributed by atoms with van der Waals surface area (Å²) in [4.78, 5) is 20.8. The third-order valence-electron chi connectivity index (χ3n) is 4.39. The van der Waals surface area contributed by atoms with Crippen LogP contribution in [-0.2, 0) is 11.3 Å². The standard InChI is InChI=1S/C21H15N3O5/c25-21(17-11-22-15-3-1-2-4-16(15)23-17)28-12-14-10-19(29-24-14)13-5-6-18-20(9-13)27-8-7-26-18/h1-6,9-11H,7-8,12H2. The van der Waals surface area contributed by atoms with Crippen LogP contribution in [0, 0.1) is 0 Å². The molecule has 0 bridgehead atoms. The monoisotopic (exact) mass is 389 g/mol. The first-order valence-corrected chi connectivity index (χ1v) is 9.01. The lowest BCUT2D eigenvalue weighted by atomic mass is 10.1. The molecule has 8 nitrogen and oxygen atoms in total. The minimum Gasteiger partial charge on any atom is -0.486 e. The third-order valence-corrected chi connectivity index (χ3v) is 4.39. The van der Waals surface area contributed by atoms with Gasteiger partial charge in [0.1, 0.15) is 25.5 Å². The Labute approximate surface area is 165 Å². The molecule has 144 valence electrons.